The molecule has 0 saturated heterocycles. The van der Waals surface area contributed by atoms with E-state index in [0.717, 1.165) is 47.7 Å². The van der Waals surface area contributed by atoms with Crippen molar-refractivity contribution in [3.05, 3.63) is 63.1 Å². The van der Waals surface area contributed by atoms with Crippen LogP contribution in [0.15, 0.2) is 42.5 Å². The van der Waals surface area contributed by atoms with Gasteiger partial charge in [-0.15, -0.1) is 0 Å². The van der Waals surface area contributed by atoms with Gasteiger partial charge < -0.3 is 15.3 Å². The molecule has 0 spiro atoms. The number of nitrogens with one attached hydrogen (secondary N) is 3. The van der Waals surface area contributed by atoms with Gasteiger partial charge in [0.25, 0.3) is 0 Å². The van der Waals surface area contributed by atoms with Crippen LogP contribution in [0.4, 0.5) is 11.4 Å². The Bertz CT molecular complexity index is 1120. The molecule has 0 saturated carbocycles. The quantitative estimate of drug-likeness (QED) is 0.253. The van der Waals surface area contributed by atoms with E-state index in [9.17, 15) is 4.79 Å². The normalized spacial score (nSPS) is 10.8. The third-order valence-corrected chi connectivity index (χ3v) is 5.64. The maximum atomic E-state index is 11.1. The Morgan fingerprint density at radius 3 is 2.35 bits per heavy atom. The molecule has 0 aliphatic heterocycles. The van der Waals surface area contributed by atoms with Gasteiger partial charge in [0, 0.05) is 31.0 Å². The summed E-state index contributed by atoms with van der Waals surface area (Å²) in [7, 11) is 0. The summed E-state index contributed by atoms with van der Waals surface area (Å²) in [5.74, 6) is -0.784. The summed E-state index contributed by atoms with van der Waals surface area (Å²) in [6.07, 6.45) is 0.974. The second-order valence-corrected chi connectivity index (χ2v) is 8.17. The number of benzene rings is 2. The van der Waals surface area contributed by atoms with Gasteiger partial charge in [0.1, 0.15) is 0 Å². The van der Waals surface area contributed by atoms with Crippen LogP contribution in [0.5, 0.6) is 0 Å². The maximum absolute atomic E-state index is 11.1. The molecular formula is C22H27N5O2S2. The Labute approximate surface area is 191 Å². The Morgan fingerprint density at radius 2 is 1.71 bits per heavy atom. The van der Waals surface area contributed by atoms with Crippen LogP contribution in [0.25, 0.3) is 5.69 Å². The smallest absolute Gasteiger partial charge is 0.305 e. The number of aromatic nitrogens is 3. The SMILES string of the molecule is Cc1cccc(C)c1N(CCCNc1cccc(-n2c(=S)[nH][nH]c2=S)c1)CCC(=O)O. The zero-order valence-electron chi connectivity index (χ0n) is 17.6. The number of hydrogen-bond acceptors (Lipinski definition) is 5. The van der Waals surface area contributed by atoms with Gasteiger partial charge in [0.05, 0.1) is 12.1 Å². The monoisotopic (exact) mass is 457 g/mol. The minimum Gasteiger partial charge on any atom is -0.481 e. The Balaban J connectivity index is 1.65. The number of carboxylic acid groups (broad SMARTS) is 1. The molecule has 0 unspecified atom stereocenters. The number of rotatable bonds is 10. The van der Waals surface area contributed by atoms with E-state index in [1.807, 2.05) is 30.3 Å². The molecule has 1 aromatic heterocycles. The molecular weight excluding hydrogens is 430 g/mol. The van der Waals surface area contributed by atoms with E-state index in [1.165, 1.54) is 0 Å². The fraction of sp³-hybridized carbons (Fsp3) is 0.318. The summed E-state index contributed by atoms with van der Waals surface area (Å²) in [5.41, 5.74) is 5.30. The average Bonchev–Trinajstić information content (AvgIpc) is 3.06. The van der Waals surface area contributed by atoms with E-state index in [2.05, 4.69) is 46.4 Å². The van der Waals surface area contributed by atoms with Gasteiger partial charge >= 0.3 is 5.97 Å². The first-order valence-corrected chi connectivity index (χ1v) is 11.0. The third-order valence-electron chi connectivity index (χ3n) is 5.07. The highest BCUT2D eigenvalue weighted by molar-refractivity contribution is 7.72. The lowest BCUT2D eigenvalue weighted by atomic mass is 10.1. The van der Waals surface area contributed by atoms with Gasteiger partial charge in [-0.3, -0.25) is 19.6 Å². The van der Waals surface area contributed by atoms with Gasteiger partial charge in [0.15, 0.2) is 9.54 Å². The zero-order valence-corrected chi connectivity index (χ0v) is 19.3. The fourth-order valence-electron chi connectivity index (χ4n) is 3.67. The molecule has 7 nitrogen and oxygen atoms in total. The van der Waals surface area contributed by atoms with Crippen molar-refractivity contribution in [3.8, 4) is 5.69 Å². The van der Waals surface area contributed by atoms with E-state index in [0.29, 0.717) is 16.1 Å². The largest absolute Gasteiger partial charge is 0.481 e. The predicted octanol–water partition coefficient (Wildman–Crippen LogP) is 4.99. The molecule has 0 bridgehead atoms. The number of anilines is 2. The number of nitrogens with zero attached hydrogens (tertiary/aromatic N) is 2. The molecule has 4 N–H and O–H groups in total. The van der Waals surface area contributed by atoms with E-state index in [4.69, 9.17) is 29.5 Å². The number of carbonyl (C=O) groups is 1. The Hall–Kier alpha value is -2.91. The van der Waals surface area contributed by atoms with Crippen LogP contribution >= 0.6 is 24.4 Å². The minimum absolute atomic E-state index is 0.112. The molecule has 0 atom stereocenters. The molecule has 0 radical (unpaired) electrons. The number of aryl methyl sites for hydroxylation is 2. The Kier molecular flexibility index (Phi) is 7.64. The number of H-pyrrole nitrogens is 2. The van der Waals surface area contributed by atoms with Gasteiger partial charge in [-0.05, 0) is 74.0 Å². The van der Waals surface area contributed by atoms with E-state index in [-0.39, 0.29) is 6.42 Å². The predicted molar refractivity (Wildman–Crippen MR) is 130 cm³/mol. The molecule has 0 aliphatic carbocycles. The summed E-state index contributed by atoms with van der Waals surface area (Å²) in [6, 6.07) is 14.1. The van der Waals surface area contributed by atoms with Crippen molar-refractivity contribution in [3.63, 3.8) is 0 Å². The summed E-state index contributed by atoms with van der Waals surface area (Å²) in [6.45, 7) is 6.14. The summed E-state index contributed by atoms with van der Waals surface area (Å²) < 4.78 is 2.81. The number of aliphatic carboxylic acids is 1. The van der Waals surface area contributed by atoms with Gasteiger partial charge in [0.2, 0.25) is 0 Å². The van der Waals surface area contributed by atoms with Crippen LogP contribution in [-0.2, 0) is 4.79 Å². The summed E-state index contributed by atoms with van der Waals surface area (Å²) in [4.78, 5) is 13.3. The van der Waals surface area contributed by atoms with Gasteiger partial charge in [-0.2, -0.15) is 0 Å². The Morgan fingerprint density at radius 1 is 1.06 bits per heavy atom. The lowest BCUT2D eigenvalue weighted by Gasteiger charge is -2.28. The zero-order chi connectivity index (χ0) is 22.4. The first kappa shape index (κ1) is 22.8. The second kappa shape index (κ2) is 10.4. The topological polar surface area (TPSA) is 89.1 Å². The number of para-hydroxylation sites is 1. The molecule has 31 heavy (non-hydrogen) atoms. The first-order valence-electron chi connectivity index (χ1n) is 10.1. The van der Waals surface area contributed by atoms with Crippen molar-refractivity contribution in [1.82, 2.24) is 14.8 Å². The first-order chi connectivity index (χ1) is 14.9. The number of carboxylic acids is 1. The van der Waals surface area contributed by atoms with Crippen LogP contribution in [0.3, 0.4) is 0 Å². The molecule has 3 aromatic rings. The number of hydrogen-bond donors (Lipinski definition) is 4. The van der Waals surface area contributed by atoms with E-state index < -0.39 is 5.97 Å². The summed E-state index contributed by atoms with van der Waals surface area (Å²) in [5, 5.41) is 18.3. The summed E-state index contributed by atoms with van der Waals surface area (Å²) >= 11 is 10.6. The molecule has 1 heterocycles. The van der Waals surface area contributed by atoms with Crippen LogP contribution in [0.1, 0.15) is 24.0 Å². The highest BCUT2D eigenvalue weighted by Crippen LogP contribution is 2.25. The fourth-order valence-corrected chi connectivity index (χ4v) is 4.23. The molecule has 0 aliphatic rings. The van der Waals surface area contributed by atoms with Crippen molar-refractivity contribution in [2.24, 2.45) is 0 Å². The highest BCUT2D eigenvalue weighted by atomic mass is 32.1. The van der Waals surface area contributed by atoms with E-state index >= 15 is 0 Å². The third kappa shape index (κ3) is 5.83. The van der Waals surface area contributed by atoms with Crippen molar-refractivity contribution in [1.29, 1.82) is 0 Å². The van der Waals surface area contributed by atoms with Crippen molar-refractivity contribution in [2.45, 2.75) is 26.7 Å². The highest BCUT2D eigenvalue weighted by Gasteiger charge is 2.13. The molecule has 164 valence electrons. The van der Waals surface area contributed by atoms with Crippen molar-refractivity contribution in [2.75, 3.05) is 29.9 Å². The van der Waals surface area contributed by atoms with Crippen molar-refractivity contribution >= 4 is 41.8 Å². The molecule has 3 rings (SSSR count). The number of aromatic amines is 2. The molecule has 9 heteroatoms. The molecule has 2 aromatic carbocycles. The molecule has 0 amide bonds. The van der Waals surface area contributed by atoms with Gasteiger partial charge in [-0.1, -0.05) is 24.3 Å². The van der Waals surface area contributed by atoms with Crippen LogP contribution < -0.4 is 10.2 Å². The van der Waals surface area contributed by atoms with Gasteiger partial charge in [-0.25, -0.2) is 0 Å². The van der Waals surface area contributed by atoms with Crippen LogP contribution in [0, 0.1) is 23.4 Å². The molecule has 0 fully saturated rings. The van der Waals surface area contributed by atoms with E-state index in [1.54, 1.807) is 4.57 Å². The standard InChI is InChI=1S/C22H27N5O2S2/c1-15-6-3-7-16(2)20(15)26(13-10-19(28)29)12-5-11-23-17-8-4-9-18(14-17)27-21(30)24-25-22(27)31/h3-4,6-9,14,23H,5,10-13H2,1-2H3,(H,24,30)(H,25,31)(H,28,29). The second-order valence-electron chi connectivity index (χ2n) is 7.40. The lowest BCUT2D eigenvalue weighted by molar-refractivity contribution is -0.136. The van der Waals surface area contributed by atoms with Crippen LogP contribution in [-0.4, -0.2) is 45.5 Å². The van der Waals surface area contributed by atoms with Crippen LogP contribution in [0.2, 0.25) is 0 Å². The average molecular weight is 458 g/mol. The maximum Gasteiger partial charge on any atom is 0.305 e. The van der Waals surface area contributed by atoms with Crippen molar-refractivity contribution < 1.29 is 9.90 Å². The lowest BCUT2D eigenvalue weighted by Crippen LogP contribution is -2.29. The minimum atomic E-state index is -0.784.